The Morgan fingerprint density at radius 2 is 2.15 bits per heavy atom. The number of hydrogen-bond donors (Lipinski definition) is 1. The standard InChI is InChI=1S/C19H20IN3O3/c1-11-15-12-6-5-7-13-16(20)18(19(24)25)23(17(12)13)8-3-4-9-26-10-14(15)21-22(11)2/h5-7H,3-4,8-10H2,1-2H3,(H,24,25). The van der Waals surface area contributed by atoms with Crippen molar-refractivity contribution in [1.29, 1.82) is 0 Å². The van der Waals surface area contributed by atoms with Gasteiger partial charge in [-0.3, -0.25) is 4.68 Å². The molecule has 1 aromatic carbocycles. The normalized spacial score (nSPS) is 14.9. The van der Waals surface area contributed by atoms with Gasteiger partial charge in [0, 0.05) is 42.4 Å². The summed E-state index contributed by atoms with van der Waals surface area (Å²) in [5, 5.41) is 15.4. The third-order valence-corrected chi connectivity index (χ3v) is 6.15. The molecular formula is C19H20IN3O3. The molecule has 26 heavy (non-hydrogen) atoms. The summed E-state index contributed by atoms with van der Waals surface area (Å²) in [6.45, 7) is 3.82. The number of carboxylic acids is 1. The molecule has 136 valence electrons. The second-order valence-corrected chi connectivity index (χ2v) is 7.69. The Labute approximate surface area is 164 Å². The van der Waals surface area contributed by atoms with E-state index >= 15 is 0 Å². The van der Waals surface area contributed by atoms with Gasteiger partial charge >= 0.3 is 5.97 Å². The van der Waals surface area contributed by atoms with E-state index in [1.165, 1.54) is 0 Å². The van der Waals surface area contributed by atoms with Crippen molar-refractivity contribution < 1.29 is 14.6 Å². The largest absolute Gasteiger partial charge is 0.477 e. The first-order chi connectivity index (χ1) is 12.5. The van der Waals surface area contributed by atoms with Crippen molar-refractivity contribution >= 4 is 39.5 Å². The molecule has 2 aromatic heterocycles. The fourth-order valence-electron chi connectivity index (χ4n) is 3.77. The van der Waals surface area contributed by atoms with E-state index in [4.69, 9.17) is 4.74 Å². The van der Waals surface area contributed by atoms with Crippen LogP contribution in [-0.4, -0.2) is 32.0 Å². The lowest BCUT2D eigenvalue weighted by Crippen LogP contribution is -2.10. The molecule has 3 heterocycles. The second kappa shape index (κ2) is 6.70. The number of rotatable bonds is 1. The minimum Gasteiger partial charge on any atom is -0.477 e. The van der Waals surface area contributed by atoms with Crippen molar-refractivity contribution in [2.24, 2.45) is 7.05 Å². The molecule has 1 N–H and O–H groups in total. The highest BCUT2D eigenvalue weighted by Gasteiger charge is 2.25. The molecule has 0 saturated heterocycles. The second-order valence-electron chi connectivity index (χ2n) is 6.61. The van der Waals surface area contributed by atoms with Gasteiger partial charge in [0.25, 0.3) is 0 Å². The number of ether oxygens (including phenoxy) is 1. The lowest BCUT2D eigenvalue weighted by Gasteiger charge is -2.11. The van der Waals surface area contributed by atoms with Crippen LogP contribution in [0, 0.1) is 10.5 Å². The summed E-state index contributed by atoms with van der Waals surface area (Å²) in [4.78, 5) is 12.0. The first-order valence-electron chi connectivity index (χ1n) is 8.65. The van der Waals surface area contributed by atoms with Gasteiger partial charge in [-0.15, -0.1) is 0 Å². The van der Waals surface area contributed by atoms with E-state index < -0.39 is 5.97 Å². The van der Waals surface area contributed by atoms with Gasteiger partial charge in [0.05, 0.1) is 21.4 Å². The highest BCUT2D eigenvalue weighted by Crippen LogP contribution is 2.38. The highest BCUT2D eigenvalue weighted by atomic mass is 127. The van der Waals surface area contributed by atoms with E-state index in [-0.39, 0.29) is 0 Å². The number of aryl methyl sites for hydroxylation is 2. The molecule has 0 aliphatic carbocycles. The Bertz CT molecular complexity index is 1020. The number of aromatic carboxylic acids is 1. The molecule has 7 heteroatoms. The topological polar surface area (TPSA) is 69.3 Å². The van der Waals surface area contributed by atoms with Gasteiger partial charge < -0.3 is 14.4 Å². The smallest absolute Gasteiger partial charge is 0.353 e. The fourth-order valence-corrected chi connectivity index (χ4v) is 4.73. The van der Waals surface area contributed by atoms with Crippen molar-refractivity contribution in [3.63, 3.8) is 0 Å². The molecule has 0 unspecified atom stereocenters. The average Bonchev–Trinajstić information content (AvgIpc) is 3.04. The first-order valence-corrected chi connectivity index (χ1v) is 9.73. The summed E-state index contributed by atoms with van der Waals surface area (Å²) in [6.07, 6.45) is 1.76. The Morgan fingerprint density at radius 3 is 2.92 bits per heavy atom. The zero-order valence-electron chi connectivity index (χ0n) is 14.8. The quantitative estimate of drug-likeness (QED) is 0.553. The molecule has 0 saturated carbocycles. The minimum atomic E-state index is -0.884. The lowest BCUT2D eigenvalue weighted by atomic mass is 10.0. The molecule has 4 rings (SSSR count). The molecular weight excluding hydrogens is 445 g/mol. The van der Waals surface area contributed by atoms with Crippen LogP contribution in [0.1, 0.15) is 34.7 Å². The maximum Gasteiger partial charge on any atom is 0.353 e. The van der Waals surface area contributed by atoms with Crippen LogP contribution in [0.2, 0.25) is 0 Å². The fraction of sp³-hybridized carbons (Fsp3) is 0.368. The molecule has 1 aliphatic heterocycles. The number of nitrogens with zero attached hydrogens (tertiary/aromatic N) is 3. The molecule has 0 fully saturated rings. The molecule has 0 bridgehead atoms. The number of para-hydroxylation sites is 1. The van der Waals surface area contributed by atoms with Gasteiger partial charge in [-0.05, 0) is 42.4 Å². The summed E-state index contributed by atoms with van der Waals surface area (Å²) in [6, 6.07) is 6.06. The third-order valence-electron chi connectivity index (χ3n) is 5.06. The van der Waals surface area contributed by atoms with Crippen LogP contribution < -0.4 is 0 Å². The van der Waals surface area contributed by atoms with E-state index in [2.05, 4.69) is 33.8 Å². The predicted molar refractivity (Wildman–Crippen MR) is 107 cm³/mol. The zero-order valence-corrected chi connectivity index (χ0v) is 16.9. The van der Waals surface area contributed by atoms with E-state index in [0.717, 1.165) is 49.8 Å². The van der Waals surface area contributed by atoms with Crippen molar-refractivity contribution in [1.82, 2.24) is 14.3 Å². The maximum absolute atomic E-state index is 12.0. The predicted octanol–water partition coefficient (Wildman–Crippen LogP) is 3.96. The van der Waals surface area contributed by atoms with Gasteiger partial charge in [-0.25, -0.2) is 4.79 Å². The van der Waals surface area contributed by atoms with Crippen LogP contribution in [0.4, 0.5) is 0 Å². The van der Waals surface area contributed by atoms with Crippen LogP contribution >= 0.6 is 22.6 Å². The Balaban J connectivity index is 2.12. The van der Waals surface area contributed by atoms with Crippen molar-refractivity contribution in [3.8, 4) is 11.1 Å². The zero-order chi connectivity index (χ0) is 18.4. The number of carbonyl (C=O) groups is 1. The maximum atomic E-state index is 12.0. The third kappa shape index (κ3) is 2.64. The van der Waals surface area contributed by atoms with Crippen LogP contribution in [0.15, 0.2) is 18.2 Å². The van der Waals surface area contributed by atoms with E-state index in [0.29, 0.717) is 25.5 Å². The number of halogens is 1. The molecule has 0 radical (unpaired) electrons. The SMILES string of the molecule is Cc1c2c(nn1C)COCCCCn1c(C(=O)O)c(I)c3cccc-2c31. The van der Waals surface area contributed by atoms with E-state index in [1.807, 2.05) is 35.4 Å². The van der Waals surface area contributed by atoms with Gasteiger partial charge in [0.1, 0.15) is 5.69 Å². The molecule has 0 amide bonds. The number of benzene rings is 1. The van der Waals surface area contributed by atoms with Gasteiger partial charge in [-0.1, -0.05) is 18.2 Å². The number of hydrogen-bond acceptors (Lipinski definition) is 3. The van der Waals surface area contributed by atoms with Gasteiger partial charge in [0.15, 0.2) is 0 Å². The average molecular weight is 465 g/mol. The molecule has 0 spiro atoms. The summed E-state index contributed by atoms with van der Waals surface area (Å²) in [7, 11) is 1.93. The summed E-state index contributed by atoms with van der Waals surface area (Å²) in [5.74, 6) is -0.884. The summed E-state index contributed by atoms with van der Waals surface area (Å²) >= 11 is 2.16. The minimum absolute atomic E-state index is 0.372. The summed E-state index contributed by atoms with van der Waals surface area (Å²) in [5.41, 5.74) is 5.38. The van der Waals surface area contributed by atoms with Crippen LogP contribution in [0.3, 0.4) is 0 Å². The first kappa shape index (κ1) is 17.5. The van der Waals surface area contributed by atoms with Gasteiger partial charge in [-0.2, -0.15) is 5.10 Å². The van der Waals surface area contributed by atoms with Crippen molar-refractivity contribution in [2.75, 3.05) is 6.61 Å². The summed E-state index contributed by atoms with van der Waals surface area (Å²) < 4.78 is 10.5. The van der Waals surface area contributed by atoms with E-state index in [9.17, 15) is 9.90 Å². The van der Waals surface area contributed by atoms with Crippen LogP contribution in [-0.2, 0) is 24.9 Å². The molecule has 3 aromatic rings. The van der Waals surface area contributed by atoms with Crippen molar-refractivity contribution in [3.05, 3.63) is 38.9 Å². The molecule has 6 nitrogen and oxygen atoms in total. The lowest BCUT2D eigenvalue weighted by molar-refractivity contribution is 0.0684. The van der Waals surface area contributed by atoms with Gasteiger partial charge in [0.2, 0.25) is 0 Å². The van der Waals surface area contributed by atoms with Crippen molar-refractivity contribution in [2.45, 2.75) is 32.9 Å². The number of carboxylic acid groups (broad SMARTS) is 1. The molecule has 1 aliphatic rings. The van der Waals surface area contributed by atoms with Crippen LogP contribution in [0.5, 0.6) is 0 Å². The highest BCUT2D eigenvalue weighted by molar-refractivity contribution is 14.1. The number of fused-ring (bicyclic) bond motifs is 2. The Morgan fingerprint density at radius 1 is 1.35 bits per heavy atom. The Kier molecular flexibility index (Phi) is 4.52. The molecule has 0 atom stereocenters. The van der Waals surface area contributed by atoms with Crippen LogP contribution in [0.25, 0.3) is 22.0 Å². The van der Waals surface area contributed by atoms with E-state index in [1.54, 1.807) is 0 Å². The Hall–Kier alpha value is -1.87. The number of aromatic nitrogens is 3. The monoisotopic (exact) mass is 465 g/mol.